The molecule has 0 spiro atoms. The van der Waals surface area contributed by atoms with Gasteiger partial charge in [-0.25, -0.2) is 0 Å². The minimum atomic E-state index is -0.951. The zero-order valence-corrected chi connectivity index (χ0v) is 16.5. The highest BCUT2D eigenvalue weighted by molar-refractivity contribution is 5.91. The molecule has 1 saturated heterocycles. The van der Waals surface area contributed by atoms with Gasteiger partial charge in [-0.05, 0) is 30.9 Å². The fourth-order valence-corrected chi connectivity index (χ4v) is 3.58. The van der Waals surface area contributed by atoms with E-state index in [1.807, 2.05) is 61.5 Å². The summed E-state index contributed by atoms with van der Waals surface area (Å²) >= 11 is 0. The summed E-state index contributed by atoms with van der Waals surface area (Å²) in [6.45, 7) is 2.41. The fourth-order valence-electron chi connectivity index (χ4n) is 3.58. The minimum absolute atomic E-state index is 0.0339. The van der Waals surface area contributed by atoms with Crippen LogP contribution in [0.3, 0.4) is 0 Å². The van der Waals surface area contributed by atoms with E-state index in [1.165, 1.54) is 0 Å². The lowest BCUT2D eigenvalue weighted by Crippen LogP contribution is -2.46. The summed E-state index contributed by atoms with van der Waals surface area (Å²) in [7, 11) is 0. The van der Waals surface area contributed by atoms with Crippen molar-refractivity contribution in [2.45, 2.75) is 38.8 Å². The number of carboxylic acid groups (broad SMARTS) is 1. The third-order valence-corrected chi connectivity index (χ3v) is 5.30. The third kappa shape index (κ3) is 5.44. The number of likely N-dealkylation sites (tertiary alicyclic amines) is 1. The van der Waals surface area contributed by atoms with Crippen molar-refractivity contribution in [3.05, 3.63) is 71.3 Å². The molecule has 0 unspecified atom stereocenters. The number of hydrogen-bond acceptors (Lipinski definition) is 3. The van der Waals surface area contributed by atoms with Gasteiger partial charge in [-0.3, -0.25) is 14.4 Å². The molecule has 1 fully saturated rings. The zero-order valence-electron chi connectivity index (χ0n) is 16.5. The average Bonchev–Trinajstić information content (AvgIpc) is 3.07. The normalized spacial score (nSPS) is 17.2. The number of benzene rings is 2. The molecule has 152 valence electrons. The molecule has 2 aromatic rings. The van der Waals surface area contributed by atoms with Gasteiger partial charge < -0.3 is 15.3 Å². The second-order valence-corrected chi connectivity index (χ2v) is 7.53. The maximum Gasteiger partial charge on any atom is 0.308 e. The summed E-state index contributed by atoms with van der Waals surface area (Å²) in [5, 5.41) is 12.3. The van der Waals surface area contributed by atoms with Crippen LogP contribution in [0.2, 0.25) is 0 Å². The molecule has 2 aromatic carbocycles. The maximum absolute atomic E-state index is 12.7. The largest absolute Gasteiger partial charge is 0.481 e. The van der Waals surface area contributed by atoms with Crippen molar-refractivity contribution in [2.24, 2.45) is 5.92 Å². The Bertz CT molecular complexity index is 864. The van der Waals surface area contributed by atoms with E-state index in [0.29, 0.717) is 25.8 Å². The number of nitrogens with one attached hydrogen (secondary N) is 1. The molecule has 0 bridgehead atoms. The summed E-state index contributed by atoms with van der Waals surface area (Å²) in [4.78, 5) is 38.2. The molecule has 0 aliphatic carbocycles. The molecule has 0 radical (unpaired) electrons. The molecule has 1 aliphatic heterocycles. The Labute approximate surface area is 170 Å². The molecule has 1 heterocycles. The Morgan fingerprint density at radius 1 is 1.10 bits per heavy atom. The third-order valence-electron chi connectivity index (χ3n) is 5.30. The monoisotopic (exact) mass is 394 g/mol. The molecule has 2 amide bonds. The standard InChI is InChI=1S/C23H26N2O4/c1-16-7-9-18(10-8-16)15-25-20(11-12-21(25)26)22(27)24-14-19(23(28)29)13-17-5-3-2-4-6-17/h2-10,19-20H,11-15H2,1H3,(H,24,27)(H,28,29)/t19-,20-/m1/s1. The average molecular weight is 394 g/mol. The van der Waals surface area contributed by atoms with Crippen molar-refractivity contribution in [1.29, 1.82) is 0 Å². The summed E-state index contributed by atoms with van der Waals surface area (Å²) < 4.78 is 0. The summed E-state index contributed by atoms with van der Waals surface area (Å²) in [6.07, 6.45) is 1.12. The Morgan fingerprint density at radius 2 is 1.79 bits per heavy atom. The highest BCUT2D eigenvalue weighted by Crippen LogP contribution is 2.22. The Balaban J connectivity index is 1.61. The van der Waals surface area contributed by atoms with E-state index in [4.69, 9.17) is 0 Å². The molecule has 0 aromatic heterocycles. The van der Waals surface area contributed by atoms with Crippen LogP contribution in [-0.2, 0) is 27.3 Å². The molecule has 6 heteroatoms. The maximum atomic E-state index is 12.7. The Morgan fingerprint density at radius 3 is 2.45 bits per heavy atom. The van der Waals surface area contributed by atoms with Gasteiger partial charge >= 0.3 is 5.97 Å². The smallest absolute Gasteiger partial charge is 0.308 e. The first kappa shape index (κ1) is 20.6. The fraction of sp³-hybridized carbons (Fsp3) is 0.348. The molecule has 6 nitrogen and oxygen atoms in total. The zero-order chi connectivity index (χ0) is 20.8. The van der Waals surface area contributed by atoms with E-state index in [1.54, 1.807) is 4.90 Å². The lowest BCUT2D eigenvalue weighted by Gasteiger charge is -2.25. The summed E-state index contributed by atoms with van der Waals surface area (Å²) in [6, 6.07) is 16.6. The van der Waals surface area contributed by atoms with E-state index >= 15 is 0 Å². The molecular formula is C23H26N2O4. The van der Waals surface area contributed by atoms with Crippen LogP contribution < -0.4 is 5.32 Å². The highest BCUT2D eigenvalue weighted by atomic mass is 16.4. The Kier molecular flexibility index (Phi) is 6.65. The van der Waals surface area contributed by atoms with Gasteiger partial charge in [-0.15, -0.1) is 0 Å². The van der Waals surface area contributed by atoms with Gasteiger partial charge in [0.15, 0.2) is 0 Å². The first-order valence-corrected chi connectivity index (χ1v) is 9.83. The predicted molar refractivity (Wildman–Crippen MR) is 109 cm³/mol. The first-order valence-electron chi connectivity index (χ1n) is 9.83. The van der Waals surface area contributed by atoms with Gasteiger partial charge in [-0.2, -0.15) is 0 Å². The van der Waals surface area contributed by atoms with E-state index in [9.17, 15) is 19.5 Å². The van der Waals surface area contributed by atoms with Crippen LogP contribution in [0, 0.1) is 12.8 Å². The number of carbonyl (C=O) groups is 3. The SMILES string of the molecule is Cc1ccc(CN2C(=O)CC[C@@H]2C(=O)NC[C@@H](Cc2ccccc2)C(=O)O)cc1. The van der Waals surface area contributed by atoms with Crippen LogP contribution in [-0.4, -0.2) is 40.4 Å². The molecule has 1 aliphatic rings. The van der Waals surface area contributed by atoms with Crippen LogP contribution >= 0.6 is 0 Å². The lowest BCUT2D eigenvalue weighted by molar-refractivity contribution is -0.142. The number of aliphatic carboxylic acids is 1. The number of aryl methyl sites for hydroxylation is 1. The van der Waals surface area contributed by atoms with Crippen LogP contribution in [0.1, 0.15) is 29.5 Å². The molecular weight excluding hydrogens is 368 g/mol. The van der Waals surface area contributed by atoms with Gasteiger partial charge in [0.1, 0.15) is 6.04 Å². The van der Waals surface area contributed by atoms with E-state index in [0.717, 1.165) is 16.7 Å². The van der Waals surface area contributed by atoms with Gasteiger partial charge in [0, 0.05) is 19.5 Å². The number of nitrogens with zero attached hydrogens (tertiary/aromatic N) is 1. The van der Waals surface area contributed by atoms with Crippen molar-refractivity contribution in [1.82, 2.24) is 10.2 Å². The Hall–Kier alpha value is -3.15. The molecule has 2 N–H and O–H groups in total. The van der Waals surface area contributed by atoms with Crippen LogP contribution in [0.4, 0.5) is 0 Å². The van der Waals surface area contributed by atoms with Crippen LogP contribution in [0.5, 0.6) is 0 Å². The number of amides is 2. The lowest BCUT2D eigenvalue weighted by atomic mass is 9.99. The molecule has 0 saturated carbocycles. The number of hydrogen-bond donors (Lipinski definition) is 2. The van der Waals surface area contributed by atoms with Crippen molar-refractivity contribution < 1.29 is 19.5 Å². The van der Waals surface area contributed by atoms with Gasteiger partial charge in [0.2, 0.25) is 11.8 Å². The first-order chi connectivity index (χ1) is 13.9. The summed E-state index contributed by atoms with van der Waals surface area (Å²) in [5.41, 5.74) is 3.01. The number of carbonyl (C=O) groups excluding carboxylic acids is 2. The number of carboxylic acids is 1. The summed E-state index contributed by atoms with van der Waals surface area (Å²) in [5.74, 6) is -2.01. The minimum Gasteiger partial charge on any atom is -0.481 e. The van der Waals surface area contributed by atoms with E-state index in [-0.39, 0.29) is 18.4 Å². The topological polar surface area (TPSA) is 86.7 Å². The number of rotatable bonds is 8. The quantitative estimate of drug-likeness (QED) is 0.720. The molecule has 29 heavy (non-hydrogen) atoms. The van der Waals surface area contributed by atoms with E-state index < -0.39 is 17.9 Å². The van der Waals surface area contributed by atoms with Crippen molar-refractivity contribution in [3.8, 4) is 0 Å². The van der Waals surface area contributed by atoms with Gasteiger partial charge in [0.25, 0.3) is 0 Å². The second kappa shape index (κ2) is 9.37. The molecule has 2 atom stereocenters. The highest BCUT2D eigenvalue weighted by Gasteiger charge is 2.36. The van der Waals surface area contributed by atoms with Crippen molar-refractivity contribution >= 4 is 17.8 Å². The van der Waals surface area contributed by atoms with E-state index in [2.05, 4.69) is 5.32 Å². The van der Waals surface area contributed by atoms with Crippen LogP contribution in [0.15, 0.2) is 54.6 Å². The van der Waals surface area contributed by atoms with Crippen molar-refractivity contribution in [2.75, 3.05) is 6.54 Å². The molecule has 3 rings (SSSR count). The second-order valence-electron chi connectivity index (χ2n) is 7.53. The van der Waals surface area contributed by atoms with Gasteiger partial charge in [-0.1, -0.05) is 60.2 Å². The van der Waals surface area contributed by atoms with Gasteiger partial charge in [0.05, 0.1) is 5.92 Å². The predicted octanol–water partition coefficient (Wildman–Crippen LogP) is 2.55. The van der Waals surface area contributed by atoms with Crippen molar-refractivity contribution in [3.63, 3.8) is 0 Å². The van der Waals surface area contributed by atoms with Crippen LogP contribution in [0.25, 0.3) is 0 Å².